The van der Waals surface area contributed by atoms with Crippen LogP contribution in [0.3, 0.4) is 0 Å². The molecular weight excluding hydrogens is 458 g/mol. The first-order chi connectivity index (χ1) is 16.9. The third-order valence-electron chi connectivity index (χ3n) is 5.46. The SMILES string of the molecule is CC(C)CC/C(=N\OC(C)O)c1ccc(Sc2ccc(C(=O)c3cc4ccccc4o3)cc2)cc1. The number of rotatable bonds is 10. The Hall–Kier alpha value is -3.35. The lowest BCUT2D eigenvalue weighted by molar-refractivity contribution is -0.0838. The van der Waals surface area contributed by atoms with Crippen molar-refractivity contribution in [3.63, 3.8) is 0 Å². The highest BCUT2D eigenvalue weighted by atomic mass is 32.2. The van der Waals surface area contributed by atoms with Gasteiger partial charge in [-0.15, -0.1) is 0 Å². The summed E-state index contributed by atoms with van der Waals surface area (Å²) in [7, 11) is 0. The van der Waals surface area contributed by atoms with Gasteiger partial charge in [-0.25, -0.2) is 0 Å². The number of carbonyl (C=O) groups excluding carboxylic acids is 1. The van der Waals surface area contributed by atoms with E-state index in [4.69, 9.17) is 9.25 Å². The molecule has 4 rings (SSSR count). The molecule has 0 amide bonds. The number of hydrogen-bond donors (Lipinski definition) is 1. The number of hydrogen-bond acceptors (Lipinski definition) is 6. The number of nitrogens with zero attached hydrogens (tertiary/aromatic N) is 1. The topological polar surface area (TPSA) is 72.0 Å². The minimum Gasteiger partial charge on any atom is -0.453 e. The minimum absolute atomic E-state index is 0.130. The van der Waals surface area contributed by atoms with Crippen LogP contribution in [0.2, 0.25) is 0 Å². The normalized spacial score (nSPS) is 12.8. The highest BCUT2D eigenvalue weighted by molar-refractivity contribution is 7.99. The molecule has 0 bridgehead atoms. The molecule has 35 heavy (non-hydrogen) atoms. The maximum Gasteiger partial charge on any atom is 0.228 e. The monoisotopic (exact) mass is 487 g/mol. The van der Waals surface area contributed by atoms with Crippen molar-refractivity contribution in [2.75, 3.05) is 0 Å². The van der Waals surface area contributed by atoms with Gasteiger partial charge in [0.05, 0.1) is 5.71 Å². The molecule has 4 aromatic rings. The molecule has 0 aliphatic carbocycles. The van der Waals surface area contributed by atoms with Gasteiger partial charge in [0.25, 0.3) is 0 Å². The van der Waals surface area contributed by atoms with E-state index >= 15 is 0 Å². The summed E-state index contributed by atoms with van der Waals surface area (Å²) in [6, 6.07) is 25.1. The molecule has 0 saturated heterocycles. The van der Waals surface area contributed by atoms with Gasteiger partial charge in [-0.1, -0.05) is 61.1 Å². The van der Waals surface area contributed by atoms with Crippen LogP contribution in [0.25, 0.3) is 11.0 Å². The first-order valence-corrected chi connectivity index (χ1v) is 12.5. The molecule has 3 aromatic carbocycles. The van der Waals surface area contributed by atoms with Crippen LogP contribution in [-0.4, -0.2) is 22.9 Å². The fraction of sp³-hybridized carbons (Fsp3) is 0.241. The molecule has 1 unspecified atom stereocenters. The highest BCUT2D eigenvalue weighted by Gasteiger charge is 2.15. The number of ketones is 1. The zero-order chi connectivity index (χ0) is 24.8. The Morgan fingerprint density at radius 2 is 1.57 bits per heavy atom. The van der Waals surface area contributed by atoms with Crippen molar-refractivity contribution in [2.45, 2.75) is 49.7 Å². The highest BCUT2D eigenvalue weighted by Crippen LogP contribution is 2.29. The Labute approximate surface area is 209 Å². The smallest absolute Gasteiger partial charge is 0.228 e. The number of aliphatic hydroxyl groups is 1. The fourth-order valence-corrected chi connectivity index (χ4v) is 4.39. The molecule has 1 aromatic heterocycles. The van der Waals surface area contributed by atoms with E-state index in [9.17, 15) is 9.90 Å². The van der Waals surface area contributed by atoms with Crippen molar-refractivity contribution in [1.29, 1.82) is 0 Å². The van der Waals surface area contributed by atoms with Crippen molar-refractivity contribution in [3.8, 4) is 0 Å². The summed E-state index contributed by atoms with van der Waals surface area (Å²) in [4.78, 5) is 20.0. The number of furan rings is 1. The Morgan fingerprint density at radius 3 is 2.17 bits per heavy atom. The minimum atomic E-state index is -0.944. The molecule has 1 N–H and O–H groups in total. The zero-order valence-electron chi connectivity index (χ0n) is 20.1. The van der Waals surface area contributed by atoms with Gasteiger partial charge in [0.2, 0.25) is 12.1 Å². The summed E-state index contributed by atoms with van der Waals surface area (Å²) in [5.41, 5.74) is 3.10. The number of para-hydroxylation sites is 1. The van der Waals surface area contributed by atoms with Crippen LogP contribution in [-0.2, 0) is 4.84 Å². The average molecular weight is 488 g/mol. The van der Waals surface area contributed by atoms with E-state index in [1.165, 1.54) is 0 Å². The molecule has 180 valence electrons. The number of carbonyl (C=O) groups is 1. The maximum atomic E-state index is 12.8. The largest absolute Gasteiger partial charge is 0.453 e. The summed E-state index contributed by atoms with van der Waals surface area (Å²) >= 11 is 1.62. The lowest BCUT2D eigenvalue weighted by Crippen LogP contribution is -2.08. The molecule has 0 radical (unpaired) electrons. The molecule has 0 spiro atoms. The van der Waals surface area contributed by atoms with Gasteiger partial charge in [0.15, 0.2) is 5.76 Å². The Morgan fingerprint density at radius 1 is 0.943 bits per heavy atom. The number of aliphatic hydroxyl groups excluding tert-OH is 1. The Kier molecular flexibility index (Phi) is 8.06. The van der Waals surface area contributed by atoms with Crippen LogP contribution in [0.1, 0.15) is 55.3 Å². The van der Waals surface area contributed by atoms with Crippen molar-refractivity contribution < 1.29 is 19.2 Å². The van der Waals surface area contributed by atoms with Crippen LogP contribution >= 0.6 is 11.8 Å². The third-order valence-corrected chi connectivity index (χ3v) is 6.48. The van der Waals surface area contributed by atoms with Crippen LogP contribution in [0.15, 0.2) is 98.2 Å². The summed E-state index contributed by atoms with van der Waals surface area (Å²) in [5.74, 6) is 0.759. The predicted octanol–water partition coefficient (Wildman–Crippen LogP) is 7.31. The van der Waals surface area contributed by atoms with Crippen LogP contribution in [0, 0.1) is 5.92 Å². The van der Waals surface area contributed by atoms with E-state index in [1.807, 2.05) is 72.8 Å². The Bertz CT molecular complexity index is 1270. The summed E-state index contributed by atoms with van der Waals surface area (Å²) in [6.07, 6.45) is 0.815. The zero-order valence-corrected chi connectivity index (χ0v) is 20.9. The van der Waals surface area contributed by atoms with E-state index in [-0.39, 0.29) is 5.78 Å². The lowest BCUT2D eigenvalue weighted by Gasteiger charge is -2.11. The first kappa shape index (κ1) is 24.8. The molecule has 0 aliphatic rings. The van der Waals surface area contributed by atoms with Gasteiger partial charge in [-0.05, 0) is 72.9 Å². The van der Waals surface area contributed by atoms with E-state index in [0.29, 0.717) is 22.8 Å². The van der Waals surface area contributed by atoms with E-state index < -0.39 is 6.29 Å². The first-order valence-electron chi connectivity index (χ1n) is 11.7. The summed E-state index contributed by atoms with van der Waals surface area (Å²) < 4.78 is 5.71. The van der Waals surface area contributed by atoms with Gasteiger partial charge >= 0.3 is 0 Å². The molecular formula is C29H29NO4S. The molecule has 1 atom stereocenters. The van der Waals surface area contributed by atoms with Crippen molar-refractivity contribution in [1.82, 2.24) is 0 Å². The van der Waals surface area contributed by atoms with Gasteiger partial charge in [0, 0.05) is 27.7 Å². The molecule has 5 nitrogen and oxygen atoms in total. The molecule has 1 heterocycles. The second-order valence-corrected chi connectivity index (χ2v) is 9.95. The van der Waals surface area contributed by atoms with Crippen LogP contribution in [0.4, 0.5) is 0 Å². The van der Waals surface area contributed by atoms with Gasteiger partial charge < -0.3 is 14.4 Å². The van der Waals surface area contributed by atoms with Gasteiger partial charge in [0.1, 0.15) is 5.58 Å². The van der Waals surface area contributed by atoms with Crippen LogP contribution in [0.5, 0.6) is 0 Å². The molecule has 0 aliphatic heterocycles. The van der Waals surface area contributed by atoms with Crippen molar-refractivity contribution in [2.24, 2.45) is 11.1 Å². The summed E-state index contributed by atoms with van der Waals surface area (Å²) in [6.45, 7) is 5.88. The average Bonchev–Trinajstić information content (AvgIpc) is 3.29. The van der Waals surface area contributed by atoms with E-state index in [0.717, 1.165) is 39.3 Å². The van der Waals surface area contributed by atoms with Crippen molar-refractivity contribution in [3.05, 3.63) is 95.7 Å². The fourth-order valence-electron chi connectivity index (χ4n) is 3.57. The quantitative estimate of drug-likeness (QED) is 0.110. The lowest BCUT2D eigenvalue weighted by atomic mass is 10.0. The number of benzene rings is 3. The van der Waals surface area contributed by atoms with Gasteiger partial charge in [-0.2, -0.15) is 0 Å². The van der Waals surface area contributed by atoms with Crippen LogP contribution < -0.4 is 0 Å². The van der Waals surface area contributed by atoms with E-state index in [1.54, 1.807) is 24.8 Å². The van der Waals surface area contributed by atoms with Crippen molar-refractivity contribution >= 4 is 34.2 Å². The number of fused-ring (bicyclic) bond motifs is 1. The summed E-state index contributed by atoms with van der Waals surface area (Å²) in [5, 5.41) is 14.5. The second kappa shape index (κ2) is 11.4. The molecule has 6 heteroatoms. The molecule has 0 saturated carbocycles. The second-order valence-electron chi connectivity index (χ2n) is 8.80. The maximum absolute atomic E-state index is 12.8. The third kappa shape index (κ3) is 6.62. The predicted molar refractivity (Wildman–Crippen MR) is 140 cm³/mol. The van der Waals surface area contributed by atoms with E-state index in [2.05, 4.69) is 19.0 Å². The molecule has 0 fully saturated rings. The standard InChI is InChI=1S/C29H29NO4S/c1-19(2)8-17-26(30-34-20(3)31)21-9-13-24(14-10-21)35-25-15-11-22(12-16-25)29(32)28-18-23-6-4-5-7-27(23)33-28/h4-7,9-16,18-20,31H,8,17H2,1-3H3/b30-26+. The number of oxime groups is 1. The van der Waals surface area contributed by atoms with Gasteiger partial charge in [-0.3, -0.25) is 4.79 Å². The Balaban J connectivity index is 1.43.